The molecule has 0 aromatic carbocycles. The standard InChI is InChI=1S/C15H17N3/c1-10-13(7-16)6-15(9-18-10)12-4-11-2-3-17-8-14(11)5-12/h5-6,9,11,14,17H,2-4,8H2,1H3. The first-order valence-corrected chi connectivity index (χ1v) is 6.56. The van der Waals surface area contributed by atoms with Crippen molar-refractivity contribution in [2.45, 2.75) is 19.8 Å². The Bertz CT molecular complexity index is 539. The van der Waals surface area contributed by atoms with Crippen LogP contribution in [0.25, 0.3) is 5.57 Å². The minimum Gasteiger partial charge on any atom is -0.316 e. The second-order valence-electron chi connectivity index (χ2n) is 5.28. The molecule has 18 heavy (non-hydrogen) atoms. The molecule has 1 saturated heterocycles. The van der Waals surface area contributed by atoms with Gasteiger partial charge in [-0.15, -0.1) is 0 Å². The van der Waals surface area contributed by atoms with Crippen LogP contribution in [0.4, 0.5) is 0 Å². The van der Waals surface area contributed by atoms with Crippen LogP contribution in [-0.4, -0.2) is 18.1 Å². The topological polar surface area (TPSA) is 48.7 Å². The van der Waals surface area contributed by atoms with E-state index in [0.29, 0.717) is 11.5 Å². The Labute approximate surface area is 108 Å². The Balaban J connectivity index is 1.90. The van der Waals surface area contributed by atoms with Crippen LogP contribution in [0.15, 0.2) is 18.3 Å². The fraction of sp³-hybridized carbons (Fsp3) is 0.467. The highest BCUT2D eigenvalue weighted by molar-refractivity contribution is 5.69. The van der Waals surface area contributed by atoms with Crippen molar-refractivity contribution in [1.82, 2.24) is 10.3 Å². The van der Waals surface area contributed by atoms with E-state index >= 15 is 0 Å². The molecule has 2 atom stereocenters. The number of nitrogens with zero attached hydrogens (tertiary/aromatic N) is 2. The zero-order valence-corrected chi connectivity index (χ0v) is 10.6. The summed E-state index contributed by atoms with van der Waals surface area (Å²) >= 11 is 0. The van der Waals surface area contributed by atoms with Gasteiger partial charge in [0.15, 0.2) is 0 Å². The molecule has 2 aliphatic rings. The molecule has 2 heterocycles. The lowest BCUT2D eigenvalue weighted by atomic mass is 9.89. The van der Waals surface area contributed by atoms with Gasteiger partial charge in [-0.1, -0.05) is 6.08 Å². The van der Waals surface area contributed by atoms with E-state index in [9.17, 15) is 0 Å². The summed E-state index contributed by atoms with van der Waals surface area (Å²) in [4.78, 5) is 4.33. The van der Waals surface area contributed by atoms with Crippen molar-refractivity contribution in [1.29, 1.82) is 5.26 Å². The smallest absolute Gasteiger partial charge is 0.101 e. The highest BCUT2D eigenvalue weighted by Crippen LogP contribution is 2.39. The van der Waals surface area contributed by atoms with E-state index in [0.717, 1.165) is 36.7 Å². The lowest BCUT2D eigenvalue weighted by Gasteiger charge is -2.25. The summed E-state index contributed by atoms with van der Waals surface area (Å²) in [7, 11) is 0. The van der Waals surface area contributed by atoms with Crippen LogP contribution >= 0.6 is 0 Å². The normalized spacial score (nSPS) is 26.3. The molecule has 3 rings (SSSR count). The van der Waals surface area contributed by atoms with Crippen LogP contribution in [0.1, 0.15) is 29.7 Å². The van der Waals surface area contributed by atoms with Crippen LogP contribution < -0.4 is 5.32 Å². The fourth-order valence-electron chi connectivity index (χ4n) is 3.03. The van der Waals surface area contributed by atoms with Gasteiger partial charge in [-0.2, -0.15) is 5.26 Å². The van der Waals surface area contributed by atoms with E-state index in [1.54, 1.807) is 0 Å². The number of aromatic nitrogens is 1. The quantitative estimate of drug-likeness (QED) is 0.818. The van der Waals surface area contributed by atoms with E-state index < -0.39 is 0 Å². The maximum absolute atomic E-state index is 9.07. The van der Waals surface area contributed by atoms with Crippen molar-refractivity contribution in [3.63, 3.8) is 0 Å². The third-order valence-corrected chi connectivity index (χ3v) is 4.15. The maximum atomic E-state index is 9.07. The van der Waals surface area contributed by atoms with Crippen LogP contribution in [0.2, 0.25) is 0 Å². The number of hydrogen-bond acceptors (Lipinski definition) is 3. The monoisotopic (exact) mass is 239 g/mol. The fourth-order valence-corrected chi connectivity index (χ4v) is 3.03. The van der Waals surface area contributed by atoms with Crippen molar-refractivity contribution in [2.24, 2.45) is 11.8 Å². The van der Waals surface area contributed by atoms with Crippen molar-refractivity contribution < 1.29 is 0 Å². The molecule has 1 aromatic heterocycles. The number of rotatable bonds is 1. The third kappa shape index (κ3) is 1.93. The van der Waals surface area contributed by atoms with Crippen molar-refractivity contribution >= 4 is 5.57 Å². The summed E-state index contributed by atoms with van der Waals surface area (Å²) in [5, 5.41) is 12.5. The first kappa shape index (κ1) is 11.4. The summed E-state index contributed by atoms with van der Waals surface area (Å²) in [6.45, 7) is 4.12. The molecule has 0 amide bonds. The number of fused-ring (bicyclic) bond motifs is 1. The molecular weight excluding hydrogens is 222 g/mol. The summed E-state index contributed by atoms with van der Waals surface area (Å²) in [6, 6.07) is 4.20. The summed E-state index contributed by atoms with van der Waals surface area (Å²) in [5.74, 6) is 1.45. The number of piperidine rings is 1. The Morgan fingerprint density at radius 3 is 3.17 bits per heavy atom. The zero-order valence-electron chi connectivity index (χ0n) is 10.6. The molecule has 1 aliphatic carbocycles. The zero-order chi connectivity index (χ0) is 12.5. The van der Waals surface area contributed by atoms with Crippen molar-refractivity contribution in [3.8, 4) is 6.07 Å². The molecule has 1 N–H and O–H groups in total. The second kappa shape index (κ2) is 4.55. The largest absolute Gasteiger partial charge is 0.316 e. The molecule has 3 nitrogen and oxygen atoms in total. The predicted molar refractivity (Wildman–Crippen MR) is 70.7 cm³/mol. The number of nitriles is 1. The van der Waals surface area contributed by atoms with Crippen LogP contribution in [0, 0.1) is 30.1 Å². The van der Waals surface area contributed by atoms with Gasteiger partial charge in [0.2, 0.25) is 0 Å². The first-order chi connectivity index (χ1) is 8.78. The summed E-state index contributed by atoms with van der Waals surface area (Å²) in [6.07, 6.45) is 6.69. The van der Waals surface area contributed by atoms with E-state index in [2.05, 4.69) is 22.4 Å². The minimum absolute atomic E-state index is 0.667. The molecule has 1 fully saturated rings. The molecule has 1 aliphatic heterocycles. The van der Waals surface area contributed by atoms with E-state index in [1.807, 2.05) is 19.2 Å². The molecule has 0 spiro atoms. The van der Waals surface area contributed by atoms with Gasteiger partial charge in [0, 0.05) is 12.7 Å². The number of aryl methyl sites for hydroxylation is 1. The predicted octanol–water partition coefficient (Wildman–Crippen LogP) is 2.27. The van der Waals surface area contributed by atoms with Gasteiger partial charge in [0.05, 0.1) is 11.3 Å². The number of hydrogen-bond donors (Lipinski definition) is 1. The van der Waals surface area contributed by atoms with E-state index in [4.69, 9.17) is 5.26 Å². The third-order valence-electron chi connectivity index (χ3n) is 4.15. The molecule has 1 aromatic rings. The Hall–Kier alpha value is -1.66. The molecule has 92 valence electrons. The summed E-state index contributed by atoms with van der Waals surface area (Å²) in [5.41, 5.74) is 4.02. The van der Waals surface area contributed by atoms with Gasteiger partial charge in [-0.05, 0) is 55.3 Å². The average Bonchev–Trinajstić information content (AvgIpc) is 2.83. The molecule has 2 unspecified atom stereocenters. The van der Waals surface area contributed by atoms with Crippen LogP contribution in [-0.2, 0) is 0 Å². The highest BCUT2D eigenvalue weighted by Gasteiger charge is 2.30. The lowest BCUT2D eigenvalue weighted by Crippen LogP contribution is -2.33. The van der Waals surface area contributed by atoms with Gasteiger partial charge in [0.1, 0.15) is 6.07 Å². The average molecular weight is 239 g/mol. The summed E-state index contributed by atoms with van der Waals surface area (Å²) < 4.78 is 0. The minimum atomic E-state index is 0.667. The Kier molecular flexibility index (Phi) is 2.89. The molecular formula is C15H17N3. The van der Waals surface area contributed by atoms with E-state index in [-0.39, 0.29) is 0 Å². The van der Waals surface area contributed by atoms with Gasteiger partial charge in [0.25, 0.3) is 0 Å². The van der Waals surface area contributed by atoms with Crippen molar-refractivity contribution in [3.05, 3.63) is 35.2 Å². The Morgan fingerprint density at radius 1 is 1.50 bits per heavy atom. The lowest BCUT2D eigenvalue weighted by molar-refractivity contribution is 0.323. The second-order valence-corrected chi connectivity index (χ2v) is 5.28. The van der Waals surface area contributed by atoms with Gasteiger partial charge in [-0.25, -0.2) is 0 Å². The van der Waals surface area contributed by atoms with Gasteiger partial charge < -0.3 is 5.32 Å². The number of nitrogens with one attached hydrogen (secondary N) is 1. The van der Waals surface area contributed by atoms with Crippen molar-refractivity contribution in [2.75, 3.05) is 13.1 Å². The van der Waals surface area contributed by atoms with E-state index in [1.165, 1.54) is 12.0 Å². The van der Waals surface area contributed by atoms with Gasteiger partial charge >= 0.3 is 0 Å². The number of allylic oxidation sites excluding steroid dienone is 1. The Morgan fingerprint density at radius 2 is 2.39 bits per heavy atom. The van der Waals surface area contributed by atoms with Gasteiger partial charge in [-0.3, -0.25) is 4.98 Å². The first-order valence-electron chi connectivity index (χ1n) is 6.56. The van der Waals surface area contributed by atoms with Crippen LogP contribution in [0.5, 0.6) is 0 Å². The van der Waals surface area contributed by atoms with Crippen LogP contribution in [0.3, 0.4) is 0 Å². The molecule has 0 saturated carbocycles. The number of pyridine rings is 1. The SMILES string of the molecule is Cc1ncc(C2=CC3CNCCC3C2)cc1C#N. The highest BCUT2D eigenvalue weighted by atomic mass is 14.9. The molecule has 3 heteroatoms. The molecule has 0 bridgehead atoms. The maximum Gasteiger partial charge on any atom is 0.101 e. The molecule has 0 radical (unpaired) electrons.